The summed E-state index contributed by atoms with van der Waals surface area (Å²) in [5.41, 5.74) is 2.32. The molecule has 124 valence electrons. The number of anilines is 1. The lowest BCUT2D eigenvalue weighted by Gasteiger charge is -2.05. The van der Waals surface area contributed by atoms with E-state index >= 15 is 0 Å². The molecule has 0 bridgehead atoms. The Morgan fingerprint density at radius 3 is 2.67 bits per heavy atom. The van der Waals surface area contributed by atoms with Crippen LogP contribution in [0.2, 0.25) is 0 Å². The first-order chi connectivity index (χ1) is 11.5. The van der Waals surface area contributed by atoms with Crippen molar-refractivity contribution in [3.8, 4) is 0 Å². The van der Waals surface area contributed by atoms with Crippen molar-refractivity contribution in [2.24, 2.45) is 0 Å². The molecule has 0 saturated carbocycles. The molecule has 0 aliphatic heterocycles. The zero-order chi connectivity index (χ0) is 17.3. The van der Waals surface area contributed by atoms with E-state index in [2.05, 4.69) is 20.6 Å². The van der Waals surface area contributed by atoms with Crippen LogP contribution in [-0.4, -0.2) is 33.4 Å². The van der Waals surface area contributed by atoms with Crippen molar-refractivity contribution in [1.29, 1.82) is 0 Å². The van der Waals surface area contributed by atoms with Crippen molar-refractivity contribution >= 4 is 28.4 Å². The van der Waals surface area contributed by atoms with E-state index < -0.39 is 0 Å². The first kappa shape index (κ1) is 15.8. The highest BCUT2D eigenvalue weighted by atomic mass is 16.2. The van der Waals surface area contributed by atoms with Crippen LogP contribution in [0.15, 0.2) is 36.8 Å². The Hall–Kier alpha value is -3.09. The highest BCUT2D eigenvalue weighted by Gasteiger charge is 2.12. The van der Waals surface area contributed by atoms with Crippen LogP contribution in [0.3, 0.4) is 0 Å². The first-order valence-electron chi connectivity index (χ1n) is 7.67. The van der Waals surface area contributed by atoms with Gasteiger partial charge in [0.2, 0.25) is 0 Å². The number of carbonyl (C=O) groups excluding carboxylic acids is 2. The number of benzene rings is 1. The van der Waals surface area contributed by atoms with Gasteiger partial charge in [0.1, 0.15) is 11.4 Å². The number of fused-ring (bicyclic) bond motifs is 1. The van der Waals surface area contributed by atoms with Gasteiger partial charge in [-0.3, -0.25) is 9.59 Å². The predicted molar refractivity (Wildman–Crippen MR) is 92.3 cm³/mol. The van der Waals surface area contributed by atoms with Gasteiger partial charge in [-0.1, -0.05) is 0 Å². The molecule has 2 aromatic heterocycles. The number of rotatable bonds is 4. The second-order valence-electron chi connectivity index (χ2n) is 5.82. The van der Waals surface area contributed by atoms with E-state index in [-0.39, 0.29) is 17.9 Å². The van der Waals surface area contributed by atoms with E-state index in [0.29, 0.717) is 17.1 Å². The quantitative estimate of drug-likeness (QED) is 0.688. The van der Waals surface area contributed by atoms with Crippen molar-refractivity contribution in [1.82, 2.24) is 19.9 Å². The fourth-order valence-electron chi connectivity index (χ4n) is 2.40. The topological polar surface area (TPSA) is 91.8 Å². The zero-order valence-corrected chi connectivity index (χ0v) is 13.8. The molecular formula is C17H19N5O2. The average Bonchev–Trinajstić information content (AvgIpc) is 3.20. The molecule has 0 aliphatic rings. The number of nitrogens with one attached hydrogen (secondary N) is 3. The maximum atomic E-state index is 12.3. The number of nitrogens with zero attached hydrogens (tertiary/aromatic N) is 2. The molecule has 0 aliphatic carbocycles. The summed E-state index contributed by atoms with van der Waals surface area (Å²) in [5, 5.41) is 6.24. The summed E-state index contributed by atoms with van der Waals surface area (Å²) in [5.74, 6) is -0.452. The molecule has 0 fully saturated rings. The number of amides is 2. The number of imidazole rings is 1. The maximum absolute atomic E-state index is 12.3. The summed E-state index contributed by atoms with van der Waals surface area (Å²) in [6.07, 6.45) is 3.36. The van der Waals surface area contributed by atoms with Crippen molar-refractivity contribution in [2.75, 3.05) is 12.4 Å². The van der Waals surface area contributed by atoms with Gasteiger partial charge in [0.05, 0.1) is 6.33 Å². The van der Waals surface area contributed by atoms with Crippen LogP contribution in [0, 0.1) is 0 Å². The molecule has 2 amide bonds. The van der Waals surface area contributed by atoms with Crippen molar-refractivity contribution in [3.05, 3.63) is 48.2 Å². The Labute approximate surface area is 139 Å². The lowest BCUT2D eigenvalue weighted by atomic mass is 10.2. The minimum absolute atomic E-state index is 0.184. The van der Waals surface area contributed by atoms with Gasteiger partial charge in [-0.2, -0.15) is 0 Å². The molecular weight excluding hydrogens is 306 g/mol. The first-order valence-corrected chi connectivity index (χ1v) is 7.67. The van der Waals surface area contributed by atoms with Gasteiger partial charge in [0, 0.05) is 35.9 Å². The number of carbonyl (C=O) groups is 2. The van der Waals surface area contributed by atoms with Gasteiger partial charge in [-0.15, -0.1) is 0 Å². The van der Waals surface area contributed by atoms with Crippen molar-refractivity contribution in [2.45, 2.75) is 19.9 Å². The minimum Gasteiger partial charge on any atom is -0.354 e. The van der Waals surface area contributed by atoms with Crippen molar-refractivity contribution < 1.29 is 9.59 Å². The fraction of sp³-hybridized carbons (Fsp3) is 0.235. The minimum atomic E-state index is -0.268. The van der Waals surface area contributed by atoms with Crippen LogP contribution >= 0.6 is 0 Å². The number of aromatic nitrogens is 3. The molecule has 0 spiro atoms. The van der Waals surface area contributed by atoms with Crippen LogP contribution in [0.1, 0.15) is 40.9 Å². The Balaban J connectivity index is 1.81. The molecule has 0 unspecified atom stereocenters. The summed E-state index contributed by atoms with van der Waals surface area (Å²) in [7, 11) is 1.58. The third kappa shape index (κ3) is 3.01. The van der Waals surface area contributed by atoms with E-state index in [4.69, 9.17) is 0 Å². The third-order valence-corrected chi connectivity index (χ3v) is 3.78. The molecule has 7 nitrogen and oxygen atoms in total. The zero-order valence-electron chi connectivity index (χ0n) is 13.8. The molecule has 7 heteroatoms. The van der Waals surface area contributed by atoms with E-state index in [1.807, 2.05) is 30.5 Å². The highest BCUT2D eigenvalue weighted by molar-refractivity contribution is 6.04. The third-order valence-electron chi connectivity index (χ3n) is 3.78. The number of hydrogen-bond donors (Lipinski definition) is 3. The summed E-state index contributed by atoms with van der Waals surface area (Å²) in [6.45, 7) is 4.04. The Morgan fingerprint density at radius 1 is 1.21 bits per heavy atom. The summed E-state index contributed by atoms with van der Waals surface area (Å²) < 4.78 is 1.87. The van der Waals surface area contributed by atoms with Gasteiger partial charge < -0.3 is 20.2 Å². The van der Waals surface area contributed by atoms with Crippen LogP contribution in [0.4, 0.5) is 5.69 Å². The lowest BCUT2D eigenvalue weighted by Crippen LogP contribution is -2.17. The van der Waals surface area contributed by atoms with Gasteiger partial charge >= 0.3 is 0 Å². The molecule has 24 heavy (non-hydrogen) atoms. The van der Waals surface area contributed by atoms with Crippen LogP contribution in [0.5, 0.6) is 0 Å². The molecule has 3 aromatic rings. The van der Waals surface area contributed by atoms with E-state index in [0.717, 1.165) is 10.9 Å². The smallest absolute Gasteiger partial charge is 0.275 e. The van der Waals surface area contributed by atoms with Crippen LogP contribution in [-0.2, 0) is 0 Å². The highest BCUT2D eigenvalue weighted by Crippen LogP contribution is 2.20. The largest absolute Gasteiger partial charge is 0.354 e. The summed E-state index contributed by atoms with van der Waals surface area (Å²) >= 11 is 0. The Morgan fingerprint density at radius 2 is 2.00 bits per heavy atom. The molecule has 0 saturated heterocycles. The second-order valence-corrected chi connectivity index (χ2v) is 5.82. The molecule has 0 atom stereocenters. The average molecular weight is 325 g/mol. The molecule has 1 aromatic carbocycles. The normalized spacial score (nSPS) is 11.0. The SMILES string of the molecule is CNC(=O)c1cc2cc(NC(=O)c3cn(C(C)C)cn3)ccc2[nH]1. The molecule has 0 radical (unpaired) electrons. The van der Waals surface area contributed by atoms with E-state index in [1.54, 1.807) is 31.7 Å². The monoisotopic (exact) mass is 325 g/mol. The predicted octanol–water partition coefficient (Wildman–Crippen LogP) is 2.56. The summed E-state index contributed by atoms with van der Waals surface area (Å²) in [6, 6.07) is 7.42. The van der Waals surface area contributed by atoms with Gasteiger partial charge in [-0.25, -0.2) is 4.98 Å². The second kappa shape index (κ2) is 6.19. The fourth-order valence-corrected chi connectivity index (χ4v) is 2.40. The van der Waals surface area contributed by atoms with Crippen LogP contribution < -0.4 is 10.6 Å². The molecule has 3 rings (SSSR count). The van der Waals surface area contributed by atoms with Gasteiger partial charge in [0.15, 0.2) is 0 Å². The van der Waals surface area contributed by atoms with Gasteiger partial charge in [0.25, 0.3) is 11.8 Å². The lowest BCUT2D eigenvalue weighted by molar-refractivity contribution is 0.0958. The number of H-pyrrole nitrogens is 1. The van der Waals surface area contributed by atoms with E-state index in [1.165, 1.54) is 0 Å². The number of aromatic amines is 1. The number of hydrogen-bond acceptors (Lipinski definition) is 3. The van der Waals surface area contributed by atoms with Crippen molar-refractivity contribution in [3.63, 3.8) is 0 Å². The standard InChI is InChI=1S/C17H19N5O2/c1-10(2)22-8-15(19-9-22)17(24)20-12-4-5-13-11(6-12)7-14(21-13)16(23)18-3/h4-10,21H,1-3H3,(H,18,23)(H,20,24). The summed E-state index contributed by atoms with van der Waals surface area (Å²) in [4.78, 5) is 31.1. The molecule has 2 heterocycles. The molecule has 3 N–H and O–H groups in total. The Kier molecular flexibility index (Phi) is 4.07. The Bertz CT molecular complexity index is 907. The van der Waals surface area contributed by atoms with Crippen LogP contribution in [0.25, 0.3) is 10.9 Å². The van der Waals surface area contributed by atoms with Gasteiger partial charge in [-0.05, 0) is 38.1 Å². The van der Waals surface area contributed by atoms with E-state index in [9.17, 15) is 9.59 Å². The maximum Gasteiger partial charge on any atom is 0.275 e.